The fourth-order valence-corrected chi connectivity index (χ4v) is 4.02. The number of aldehydes is 1. The lowest BCUT2D eigenvalue weighted by Crippen LogP contribution is -2.61. The molecule has 12 nitrogen and oxygen atoms in total. The van der Waals surface area contributed by atoms with Gasteiger partial charge in [0.2, 0.25) is 0 Å². The molecule has 186 valence electrons. The maximum absolute atomic E-state index is 10.8. The smallest absolute Gasteiger partial charge is 0.184 e. The lowest BCUT2D eigenvalue weighted by molar-refractivity contribution is -0.287. The Morgan fingerprint density at radius 1 is 1.19 bits per heavy atom. The quantitative estimate of drug-likeness (QED) is 0.111. The van der Waals surface area contributed by atoms with E-state index in [0.29, 0.717) is 5.57 Å². The summed E-state index contributed by atoms with van der Waals surface area (Å²) in [7, 11) is 0. The standard InChI is InChI=1S/C20H35NO11/c1-8-10(5-22)3-12(17(29)16(8)28)21-11-4-13(25)20(31-9(11)2)32-19(15(27)7-24)18(30)14(26)6-23/h3,6,8-9,11-22,24-30H,4-5,7H2,1-2H3/t8-,9-,11?,12?,13?,14+,15?,16?,17+,18-,19-,20?/m1/s1. The SMILES string of the molecule is C[C@@H]1C(CO)=CC(NC2CC(O)C(O[C@H](C(O)CO)[C@H](O)[C@@H](O)C=O)O[C@@H]2C)[C@H](O)C1O. The van der Waals surface area contributed by atoms with Crippen molar-refractivity contribution < 1.29 is 55.1 Å². The number of hydrogen-bond acceptors (Lipinski definition) is 12. The van der Waals surface area contributed by atoms with Crippen molar-refractivity contribution in [2.24, 2.45) is 5.92 Å². The van der Waals surface area contributed by atoms with Crippen molar-refractivity contribution in [3.8, 4) is 0 Å². The molecule has 0 aromatic rings. The Morgan fingerprint density at radius 3 is 2.41 bits per heavy atom. The van der Waals surface area contributed by atoms with Gasteiger partial charge in [-0.15, -0.1) is 0 Å². The molecule has 0 spiro atoms. The third-order valence-corrected chi connectivity index (χ3v) is 6.21. The highest BCUT2D eigenvalue weighted by Crippen LogP contribution is 2.28. The van der Waals surface area contributed by atoms with E-state index in [1.54, 1.807) is 19.9 Å². The molecule has 0 aromatic carbocycles. The third kappa shape index (κ3) is 6.10. The molecule has 2 aliphatic rings. The zero-order valence-electron chi connectivity index (χ0n) is 18.0. The maximum atomic E-state index is 10.8. The molecule has 0 aromatic heterocycles. The van der Waals surface area contributed by atoms with E-state index < -0.39 is 79.7 Å². The Morgan fingerprint density at radius 2 is 1.84 bits per heavy atom. The molecule has 1 saturated heterocycles. The number of aliphatic hydroxyl groups is 8. The van der Waals surface area contributed by atoms with E-state index in [0.717, 1.165) is 0 Å². The van der Waals surface area contributed by atoms with Gasteiger partial charge in [-0.3, -0.25) is 0 Å². The highest BCUT2D eigenvalue weighted by atomic mass is 16.7. The Balaban J connectivity index is 2.08. The van der Waals surface area contributed by atoms with Crippen molar-refractivity contribution in [2.45, 2.75) is 87.5 Å². The number of aliphatic hydroxyl groups excluding tert-OH is 8. The molecule has 0 radical (unpaired) electrons. The summed E-state index contributed by atoms with van der Waals surface area (Å²) in [5.74, 6) is -0.417. The van der Waals surface area contributed by atoms with Crippen molar-refractivity contribution in [2.75, 3.05) is 13.2 Å². The molecule has 0 amide bonds. The predicted molar refractivity (Wildman–Crippen MR) is 108 cm³/mol. The maximum Gasteiger partial charge on any atom is 0.184 e. The monoisotopic (exact) mass is 465 g/mol. The lowest BCUT2D eigenvalue weighted by Gasteiger charge is -2.43. The Bertz CT molecular complexity index is 635. The second kappa shape index (κ2) is 11.9. The van der Waals surface area contributed by atoms with E-state index >= 15 is 0 Å². The molecule has 1 aliphatic heterocycles. The lowest BCUT2D eigenvalue weighted by atomic mass is 9.82. The van der Waals surface area contributed by atoms with E-state index in [-0.39, 0.29) is 19.3 Å². The molecule has 2 rings (SSSR count). The summed E-state index contributed by atoms with van der Waals surface area (Å²) in [5, 5.41) is 82.5. The summed E-state index contributed by atoms with van der Waals surface area (Å²) in [5.41, 5.74) is 0.565. The molecule has 1 aliphatic carbocycles. The summed E-state index contributed by atoms with van der Waals surface area (Å²) in [4.78, 5) is 10.8. The minimum Gasteiger partial charge on any atom is -0.394 e. The van der Waals surface area contributed by atoms with Gasteiger partial charge in [-0.1, -0.05) is 13.0 Å². The van der Waals surface area contributed by atoms with E-state index in [1.807, 2.05) is 0 Å². The molecule has 12 heteroatoms. The average molecular weight is 465 g/mol. The van der Waals surface area contributed by atoms with Gasteiger partial charge in [-0.2, -0.15) is 0 Å². The molecule has 0 bridgehead atoms. The number of nitrogens with one attached hydrogen (secondary N) is 1. The molecule has 1 fully saturated rings. The first-order valence-electron chi connectivity index (χ1n) is 10.6. The number of ether oxygens (including phenoxy) is 2. The summed E-state index contributed by atoms with van der Waals surface area (Å²) < 4.78 is 11.1. The van der Waals surface area contributed by atoms with Gasteiger partial charge in [0, 0.05) is 12.0 Å². The van der Waals surface area contributed by atoms with Crippen molar-refractivity contribution in [1.82, 2.24) is 5.32 Å². The van der Waals surface area contributed by atoms with Gasteiger partial charge in [0.25, 0.3) is 0 Å². The second-order valence-electron chi connectivity index (χ2n) is 8.45. The highest BCUT2D eigenvalue weighted by Gasteiger charge is 2.43. The molecule has 1 heterocycles. The van der Waals surface area contributed by atoms with Gasteiger partial charge in [0.15, 0.2) is 12.6 Å². The van der Waals surface area contributed by atoms with Crippen molar-refractivity contribution in [3.05, 3.63) is 11.6 Å². The van der Waals surface area contributed by atoms with Gasteiger partial charge < -0.3 is 60.4 Å². The molecule has 6 unspecified atom stereocenters. The zero-order valence-corrected chi connectivity index (χ0v) is 18.0. The fraction of sp³-hybridized carbons (Fsp3) is 0.850. The van der Waals surface area contributed by atoms with Crippen LogP contribution in [0.4, 0.5) is 0 Å². The first kappa shape index (κ1) is 27.2. The van der Waals surface area contributed by atoms with Gasteiger partial charge in [0.05, 0.1) is 37.6 Å². The second-order valence-corrected chi connectivity index (χ2v) is 8.45. The zero-order chi connectivity index (χ0) is 24.2. The van der Waals surface area contributed by atoms with Gasteiger partial charge in [-0.25, -0.2) is 0 Å². The van der Waals surface area contributed by atoms with Crippen LogP contribution in [-0.4, -0.2) is 128 Å². The predicted octanol–water partition coefficient (Wildman–Crippen LogP) is -4.24. The van der Waals surface area contributed by atoms with Crippen LogP contribution in [0.1, 0.15) is 20.3 Å². The summed E-state index contributed by atoms with van der Waals surface area (Å²) >= 11 is 0. The topological polar surface area (TPSA) is 209 Å². The Hall–Kier alpha value is -1.03. The van der Waals surface area contributed by atoms with E-state index in [4.69, 9.17) is 9.47 Å². The van der Waals surface area contributed by atoms with E-state index in [2.05, 4.69) is 5.32 Å². The fourth-order valence-electron chi connectivity index (χ4n) is 4.02. The number of carbonyl (C=O) groups is 1. The van der Waals surface area contributed by atoms with Crippen LogP contribution in [0.2, 0.25) is 0 Å². The van der Waals surface area contributed by atoms with Gasteiger partial charge >= 0.3 is 0 Å². The largest absolute Gasteiger partial charge is 0.394 e. The number of carbonyl (C=O) groups excluding carboxylic acids is 1. The van der Waals surface area contributed by atoms with Crippen LogP contribution >= 0.6 is 0 Å². The van der Waals surface area contributed by atoms with E-state index in [1.165, 1.54) is 0 Å². The highest BCUT2D eigenvalue weighted by molar-refractivity contribution is 5.56. The molecular formula is C20H35NO11. The summed E-state index contributed by atoms with van der Waals surface area (Å²) in [6, 6.07) is -1.22. The Kier molecular flexibility index (Phi) is 10.1. The van der Waals surface area contributed by atoms with Crippen LogP contribution in [0.5, 0.6) is 0 Å². The van der Waals surface area contributed by atoms with Crippen LogP contribution in [-0.2, 0) is 14.3 Å². The minimum atomic E-state index is -1.89. The number of rotatable bonds is 10. The van der Waals surface area contributed by atoms with Crippen LogP contribution in [0.15, 0.2) is 11.6 Å². The van der Waals surface area contributed by atoms with Crippen molar-refractivity contribution >= 4 is 6.29 Å². The van der Waals surface area contributed by atoms with Crippen LogP contribution in [0, 0.1) is 5.92 Å². The molecule has 12 atom stereocenters. The van der Waals surface area contributed by atoms with Crippen LogP contribution in [0.25, 0.3) is 0 Å². The molecule has 0 saturated carbocycles. The van der Waals surface area contributed by atoms with Crippen LogP contribution < -0.4 is 5.32 Å². The normalized spacial score (nSPS) is 39.6. The van der Waals surface area contributed by atoms with Crippen molar-refractivity contribution in [1.29, 1.82) is 0 Å². The molecular weight excluding hydrogens is 430 g/mol. The van der Waals surface area contributed by atoms with Crippen molar-refractivity contribution in [3.63, 3.8) is 0 Å². The average Bonchev–Trinajstić information content (AvgIpc) is 2.78. The number of hydrogen-bond donors (Lipinski definition) is 9. The van der Waals surface area contributed by atoms with E-state index in [9.17, 15) is 45.6 Å². The third-order valence-electron chi connectivity index (χ3n) is 6.21. The van der Waals surface area contributed by atoms with Crippen LogP contribution in [0.3, 0.4) is 0 Å². The first-order chi connectivity index (χ1) is 15.0. The minimum absolute atomic E-state index is 0.0464. The molecule has 32 heavy (non-hydrogen) atoms. The first-order valence-corrected chi connectivity index (χ1v) is 10.6. The van der Waals surface area contributed by atoms with Gasteiger partial charge in [-0.05, 0) is 18.9 Å². The Labute approximate surface area is 185 Å². The van der Waals surface area contributed by atoms with Gasteiger partial charge in [0.1, 0.15) is 30.5 Å². The summed E-state index contributed by atoms with van der Waals surface area (Å²) in [6.07, 6.45) is -10.8. The molecule has 9 N–H and O–H groups in total. The summed E-state index contributed by atoms with van der Waals surface area (Å²) in [6.45, 7) is 2.23.